The molecule has 11 N–H and O–H groups in total. The largest absolute Gasteiger partial charge is 0.481 e. The number of nitrogens with one attached hydrogen (secondary N) is 6. The third-order valence-electron chi connectivity index (χ3n) is 7.01. The van der Waals surface area contributed by atoms with Crippen molar-refractivity contribution < 1.29 is 33.9 Å². The summed E-state index contributed by atoms with van der Waals surface area (Å²) in [6.45, 7) is 2.97. The number of aliphatic carboxylic acids is 1. The van der Waals surface area contributed by atoms with Crippen LogP contribution in [0.25, 0.3) is 10.9 Å². The van der Waals surface area contributed by atoms with Gasteiger partial charge < -0.3 is 48.1 Å². The van der Waals surface area contributed by atoms with Crippen LogP contribution in [-0.4, -0.2) is 88.8 Å². The van der Waals surface area contributed by atoms with Gasteiger partial charge in [0.1, 0.15) is 24.2 Å². The van der Waals surface area contributed by atoms with Gasteiger partial charge in [0.15, 0.2) is 5.96 Å². The number of carbonyl (C=O) groups is 6. The summed E-state index contributed by atoms with van der Waals surface area (Å²) < 4.78 is 0. The highest BCUT2D eigenvalue weighted by Gasteiger charge is 2.34. The molecule has 1 saturated heterocycles. The van der Waals surface area contributed by atoms with E-state index in [2.05, 4.69) is 36.6 Å². The first-order chi connectivity index (χ1) is 20.8. The molecule has 0 aliphatic carbocycles. The summed E-state index contributed by atoms with van der Waals surface area (Å²) in [6, 6.07) is 2.27. The van der Waals surface area contributed by atoms with Gasteiger partial charge >= 0.3 is 5.97 Å². The number of nitrogens with two attached hydrogens (primary N) is 2. The number of nitrogens with zero attached hydrogens (tertiary/aromatic N) is 1. The number of aromatic nitrogens is 1. The number of amides is 5. The molecule has 1 aliphatic rings. The number of carbonyl (C=O) groups excluding carboxylic acids is 5. The molecule has 0 saturated carbocycles. The normalized spacial score (nSPS) is 22.1. The summed E-state index contributed by atoms with van der Waals surface area (Å²) in [5.74, 6) is -5.81. The second kappa shape index (κ2) is 15.4. The molecule has 2 heterocycles. The summed E-state index contributed by atoms with van der Waals surface area (Å²) in [5.41, 5.74) is 12.2. The van der Waals surface area contributed by atoms with Gasteiger partial charge in [0.25, 0.3) is 0 Å². The smallest absolute Gasteiger partial charge is 0.305 e. The van der Waals surface area contributed by atoms with Crippen molar-refractivity contribution in [2.75, 3.05) is 13.1 Å². The number of guanidine groups is 1. The molecule has 16 nitrogen and oxygen atoms in total. The average Bonchev–Trinajstić information content (AvgIpc) is 3.36. The van der Waals surface area contributed by atoms with E-state index in [1.54, 1.807) is 20.0 Å². The second-order valence-corrected chi connectivity index (χ2v) is 10.8. The van der Waals surface area contributed by atoms with Crippen molar-refractivity contribution in [3.8, 4) is 0 Å². The van der Waals surface area contributed by atoms with Crippen molar-refractivity contribution in [2.45, 2.75) is 63.7 Å². The van der Waals surface area contributed by atoms with Crippen LogP contribution in [-0.2, 0) is 35.2 Å². The van der Waals surface area contributed by atoms with E-state index in [-0.39, 0.29) is 25.3 Å². The van der Waals surface area contributed by atoms with Gasteiger partial charge in [0.2, 0.25) is 29.5 Å². The molecule has 1 fully saturated rings. The number of hydrogen-bond acceptors (Lipinski definition) is 7. The highest BCUT2D eigenvalue weighted by atomic mass is 16.4. The molecule has 238 valence electrons. The third-order valence-corrected chi connectivity index (χ3v) is 7.01. The molecule has 3 rings (SSSR count). The number of fused-ring (bicyclic) bond motifs is 1. The lowest BCUT2D eigenvalue weighted by molar-refractivity contribution is -0.141. The molecule has 44 heavy (non-hydrogen) atoms. The van der Waals surface area contributed by atoms with Crippen molar-refractivity contribution >= 4 is 52.4 Å². The summed E-state index contributed by atoms with van der Waals surface area (Å²) in [6.07, 6.45) is 1.28. The molecule has 0 unspecified atom stereocenters. The van der Waals surface area contributed by atoms with Crippen LogP contribution >= 0.6 is 0 Å². The third kappa shape index (κ3) is 9.43. The highest BCUT2D eigenvalue weighted by Crippen LogP contribution is 2.19. The summed E-state index contributed by atoms with van der Waals surface area (Å²) >= 11 is 0. The van der Waals surface area contributed by atoms with Gasteiger partial charge in [-0.3, -0.25) is 33.8 Å². The number of carboxylic acids is 1. The predicted octanol–water partition coefficient (Wildman–Crippen LogP) is -2.04. The summed E-state index contributed by atoms with van der Waals surface area (Å²) in [5, 5.41) is 22.8. The number of hydrogen-bond donors (Lipinski definition) is 9. The van der Waals surface area contributed by atoms with Gasteiger partial charge in [-0.25, -0.2) is 0 Å². The van der Waals surface area contributed by atoms with Crippen LogP contribution in [0.2, 0.25) is 0 Å². The van der Waals surface area contributed by atoms with Crippen LogP contribution < -0.4 is 38.1 Å². The monoisotopic (exact) mass is 613 g/mol. The zero-order chi connectivity index (χ0) is 32.4. The molecular weight excluding hydrogens is 574 g/mol. The van der Waals surface area contributed by atoms with Gasteiger partial charge in [0, 0.05) is 30.1 Å². The highest BCUT2D eigenvalue weighted by molar-refractivity contribution is 5.98. The van der Waals surface area contributed by atoms with E-state index in [0.29, 0.717) is 12.0 Å². The Balaban J connectivity index is 1.97. The predicted molar refractivity (Wildman–Crippen MR) is 160 cm³/mol. The molecule has 4 atom stereocenters. The molecule has 2 aromatic rings. The Bertz CT molecular complexity index is 1420. The van der Waals surface area contributed by atoms with E-state index in [9.17, 15) is 33.9 Å². The number of H-pyrrole nitrogens is 1. The topological polar surface area (TPSA) is 263 Å². The summed E-state index contributed by atoms with van der Waals surface area (Å²) in [7, 11) is 0. The van der Waals surface area contributed by atoms with E-state index in [1.165, 1.54) is 0 Å². The van der Waals surface area contributed by atoms with Crippen molar-refractivity contribution in [2.24, 2.45) is 22.4 Å². The minimum Gasteiger partial charge on any atom is -0.481 e. The van der Waals surface area contributed by atoms with Gasteiger partial charge in [0.05, 0.1) is 13.0 Å². The molecule has 0 radical (unpaired) electrons. The minimum atomic E-state index is -1.56. The van der Waals surface area contributed by atoms with E-state index in [0.717, 1.165) is 10.9 Å². The molecule has 5 amide bonds. The fraction of sp³-hybridized carbons (Fsp3) is 0.464. The Hall–Kier alpha value is -5.15. The zero-order valence-corrected chi connectivity index (χ0v) is 24.5. The number of benzene rings is 1. The van der Waals surface area contributed by atoms with Crippen molar-refractivity contribution in [1.29, 1.82) is 0 Å². The van der Waals surface area contributed by atoms with E-state index in [4.69, 9.17) is 11.5 Å². The van der Waals surface area contributed by atoms with Gasteiger partial charge in [-0.15, -0.1) is 0 Å². The number of aromatic amines is 1. The van der Waals surface area contributed by atoms with E-state index >= 15 is 0 Å². The van der Waals surface area contributed by atoms with Crippen molar-refractivity contribution in [3.05, 3.63) is 36.0 Å². The van der Waals surface area contributed by atoms with Gasteiger partial charge in [-0.1, -0.05) is 32.0 Å². The molecule has 0 bridgehead atoms. The maximum Gasteiger partial charge on any atom is 0.305 e. The van der Waals surface area contributed by atoms with Crippen molar-refractivity contribution in [1.82, 2.24) is 31.6 Å². The fourth-order valence-corrected chi connectivity index (χ4v) is 4.74. The first kappa shape index (κ1) is 33.4. The Morgan fingerprint density at radius 3 is 2.30 bits per heavy atom. The molecule has 1 aromatic heterocycles. The first-order valence-corrected chi connectivity index (χ1v) is 14.2. The van der Waals surface area contributed by atoms with Crippen molar-refractivity contribution in [3.63, 3.8) is 0 Å². The minimum absolute atomic E-state index is 0.0186. The molecule has 0 spiro atoms. The average molecular weight is 614 g/mol. The maximum absolute atomic E-state index is 13.7. The molecule has 16 heteroatoms. The number of carboxylic acid groups (broad SMARTS) is 1. The van der Waals surface area contributed by atoms with E-state index in [1.807, 2.05) is 24.3 Å². The molecular formula is C28H39N9O7. The SMILES string of the molecule is CC(C)[C@H]1NC(=O)[C@H](Cc2c[nH]c3ccccc23)NC(=O)[C@H](CC(=O)O)NC(=O)CNC(=O)[C@H](CCCN=C(N)N)NC1=O. The molecule has 1 aromatic carbocycles. The first-order valence-electron chi connectivity index (χ1n) is 14.2. The van der Waals surface area contributed by atoms with Gasteiger partial charge in [-0.05, 0) is 30.4 Å². The number of para-hydroxylation sites is 1. The molecule has 1 aliphatic heterocycles. The van der Waals surface area contributed by atoms with Crippen LogP contribution in [0, 0.1) is 5.92 Å². The van der Waals surface area contributed by atoms with Crippen LogP contribution in [0.4, 0.5) is 0 Å². The van der Waals surface area contributed by atoms with E-state index < -0.39 is 78.6 Å². The summed E-state index contributed by atoms with van der Waals surface area (Å²) in [4.78, 5) is 84.6. The van der Waals surface area contributed by atoms with Crippen LogP contribution in [0.5, 0.6) is 0 Å². The number of aliphatic imine (C=N–C) groups is 1. The Morgan fingerprint density at radius 2 is 1.61 bits per heavy atom. The Labute approximate surface area is 253 Å². The standard InChI is InChI=1S/C28H39N9O7/c1-14(2)23-27(44)35-18(8-5-9-31-28(29)30)24(41)33-13-21(38)34-20(11-22(39)40)25(42)36-19(26(43)37-23)10-15-12-32-17-7-4-3-6-16(15)17/h3-4,6-7,12,14,18-20,23,32H,5,8-11,13H2,1-2H3,(H,33,41)(H,34,38)(H,35,44)(H,36,42)(H,37,43)(H,39,40)(H4,29,30,31)/t18-,19-,20-,23+/m0/s1. The van der Waals surface area contributed by atoms with Crippen LogP contribution in [0.1, 0.15) is 38.7 Å². The lowest BCUT2D eigenvalue weighted by Crippen LogP contribution is -2.59. The van der Waals surface area contributed by atoms with Crippen LogP contribution in [0.3, 0.4) is 0 Å². The zero-order valence-electron chi connectivity index (χ0n) is 24.5. The number of rotatable bonds is 9. The maximum atomic E-state index is 13.7. The lowest BCUT2D eigenvalue weighted by Gasteiger charge is -2.27. The Morgan fingerprint density at radius 1 is 0.932 bits per heavy atom. The van der Waals surface area contributed by atoms with Gasteiger partial charge in [-0.2, -0.15) is 0 Å². The quantitative estimate of drug-likeness (QED) is 0.0856. The second-order valence-electron chi connectivity index (χ2n) is 10.8. The Kier molecular flexibility index (Phi) is 11.6. The lowest BCUT2D eigenvalue weighted by atomic mass is 9.99. The van der Waals surface area contributed by atoms with Crippen LogP contribution in [0.15, 0.2) is 35.5 Å². The fourth-order valence-electron chi connectivity index (χ4n) is 4.74.